The average molecular weight is 361 g/mol. The van der Waals surface area contributed by atoms with Gasteiger partial charge < -0.3 is 14.4 Å². The zero-order chi connectivity index (χ0) is 18.5. The third-order valence-electron chi connectivity index (χ3n) is 5.33. The number of carbonyl (C=O) groups is 1. The van der Waals surface area contributed by atoms with Gasteiger partial charge in [-0.25, -0.2) is 0 Å². The smallest absolute Gasteiger partial charge is 0.236 e. The van der Waals surface area contributed by atoms with Gasteiger partial charge in [-0.2, -0.15) is 0 Å². The SMILES string of the molecule is CCN(C(=O)CN1CCN(Cc2ccc(OC)c(OC)c2)CC1)C1CC1. The van der Waals surface area contributed by atoms with Gasteiger partial charge in [-0.05, 0) is 37.5 Å². The zero-order valence-corrected chi connectivity index (χ0v) is 16.2. The maximum absolute atomic E-state index is 12.5. The Kier molecular flexibility index (Phi) is 6.38. The number of ether oxygens (including phenoxy) is 2. The maximum Gasteiger partial charge on any atom is 0.236 e. The zero-order valence-electron chi connectivity index (χ0n) is 16.2. The molecule has 1 heterocycles. The first-order chi connectivity index (χ1) is 12.6. The van der Waals surface area contributed by atoms with Crippen molar-refractivity contribution in [2.45, 2.75) is 32.4 Å². The number of piperazine rings is 1. The Morgan fingerprint density at radius 3 is 2.31 bits per heavy atom. The Morgan fingerprint density at radius 2 is 1.73 bits per heavy atom. The van der Waals surface area contributed by atoms with Crippen LogP contribution in [-0.2, 0) is 11.3 Å². The van der Waals surface area contributed by atoms with Crippen molar-refractivity contribution in [3.05, 3.63) is 23.8 Å². The minimum absolute atomic E-state index is 0.295. The van der Waals surface area contributed by atoms with E-state index < -0.39 is 0 Å². The van der Waals surface area contributed by atoms with Gasteiger partial charge in [-0.1, -0.05) is 6.07 Å². The number of carbonyl (C=O) groups excluding carboxylic acids is 1. The van der Waals surface area contributed by atoms with Crippen LogP contribution in [-0.4, -0.2) is 80.1 Å². The van der Waals surface area contributed by atoms with Gasteiger partial charge >= 0.3 is 0 Å². The van der Waals surface area contributed by atoms with Crippen molar-refractivity contribution in [1.82, 2.24) is 14.7 Å². The number of amides is 1. The van der Waals surface area contributed by atoms with Gasteiger partial charge in [0.25, 0.3) is 0 Å². The molecule has 1 aliphatic heterocycles. The van der Waals surface area contributed by atoms with E-state index in [0.717, 1.165) is 50.8 Å². The third-order valence-corrected chi connectivity index (χ3v) is 5.33. The highest BCUT2D eigenvalue weighted by Crippen LogP contribution is 2.28. The fourth-order valence-electron chi connectivity index (χ4n) is 3.65. The topological polar surface area (TPSA) is 45.3 Å². The van der Waals surface area contributed by atoms with Crippen LogP contribution in [0.3, 0.4) is 0 Å². The van der Waals surface area contributed by atoms with Crippen LogP contribution in [0.1, 0.15) is 25.3 Å². The molecule has 1 aromatic rings. The van der Waals surface area contributed by atoms with Crippen molar-refractivity contribution >= 4 is 5.91 Å². The summed E-state index contributed by atoms with van der Waals surface area (Å²) in [6.45, 7) is 8.23. The van der Waals surface area contributed by atoms with Crippen molar-refractivity contribution in [3.63, 3.8) is 0 Å². The van der Waals surface area contributed by atoms with E-state index >= 15 is 0 Å². The average Bonchev–Trinajstić information content (AvgIpc) is 3.49. The molecule has 0 bridgehead atoms. The summed E-state index contributed by atoms with van der Waals surface area (Å²) in [4.78, 5) is 19.2. The molecule has 0 radical (unpaired) electrons. The molecule has 6 nitrogen and oxygen atoms in total. The number of benzene rings is 1. The van der Waals surface area contributed by atoms with Crippen LogP contribution < -0.4 is 9.47 Å². The van der Waals surface area contributed by atoms with E-state index in [1.54, 1.807) is 14.2 Å². The van der Waals surface area contributed by atoms with E-state index in [2.05, 4.69) is 27.7 Å². The lowest BCUT2D eigenvalue weighted by Gasteiger charge is -2.35. The van der Waals surface area contributed by atoms with E-state index in [1.807, 2.05) is 12.1 Å². The second-order valence-corrected chi connectivity index (χ2v) is 7.15. The summed E-state index contributed by atoms with van der Waals surface area (Å²) in [5.41, 5.74) is 1.22. The molecule has 0 spiro atoms. The summed E-state index contributed by atoms with van der Waals surface area (Å²) in [6.07, 6.45) is 2.36. The van der Waals surface area contributed by atoms with Gasteiger partial charge in [-0.3, -0.25) is 14.6 Å². The van der Waals surface area contributed by atoms with Crippen LogP contribution in [0.4, 0.5) is 0 Å². The molecule has 1 saturated carbocycles. The van der Waals surface area contributed by atoms with Gasteiger partial charge in [0.2, 0.25) is 5.91 Å². The van der Waals surface area contributed by atoms with Gasteiger partial charge in [-0.15, -0.1) is 0 Å². The van der Waals surface area contributed by atoms with Crippen LogP contribution in [0.2, 0.25) is 0 Å². The highest BCUT2D eigenvalue weighted by Gasteiger charge is 2.32. The molecule has 6 heteroatoms. The molecule has 0 N–H and O–H groups in total. The Morgan fingerprint density at radius 1 is 1.08 bits per heavy atom. The van der Waals surface area contributed by atoms with Gasteiger partial charge in [0.05, 0.1) is 20.8 Å². The van der Waals surface area contributed by atoms with Gasteiger partial charge in [0.15, 0.2) is 11.5 Å². The van der Waals surface area contributed by atoms with Crippen LogP contribution in [0, 0.1) is 0 Å². The summed E-state index contributed by atoms with van der Waals surface area (Å²) in [5, 5.41) is 0. The molecule has 0 aromatic heterocycles. The predicted octanol–water partition coefficient (Wildman–Crippen LogP) is 1.83. The van der Waals surface area contributed by atoms with Crippen molar-refractivity contribution in [2.75, 3.05) is 53.5 Å². The first-order valence-corrected chi connectivity index (χ1v) is 9.59. The summed E-state index contributed by atoms with van der Waals surface area (Å²) in [6, 6.07) is 6.61. The lowest BCUT2D eigenvalue weighted by atomic mass is 10.1. The summed E-state index contributed by atoms with van der Waals surface area (Å²) < 4.78 is 10.7. The third kappa shape index (κ3) is 4.68. The quantitative estimate of drug-likeness (QED) is 0.707. The summed E-state index contributed by atoms with van der Waals surface area (Å²) >= 11 is 0. The number of methoxy groups -OCH3 is 2. The van der Waals surface area contributed by atoms with E-state index in [1.165, 1.54) is 18.4 Å². The second kappa shape index (κ2) is 8.73. The molecule has 1 saturated heterocycles. The van der Waals surface area contributed by atoms with Crippen molar-refractivity contribution < 1.29 is 14.3 Å². The molecule has 1 amide bonds. The Hall–Kier alpha value is -1.79. The first-order valence-electron chi connectivity index (χ1n) is 9.59. The Bertz CT molecular complexity index is 610. The standard InChI is InChI=1S/C20H31N3O3/c1-4-23(17-6-7-17)20(24)15-22-11-9-21(10-12-22)14-16-5-8-18(25-2)19(13-16)26-3/h5,8,13,17H,4,6-7,9-12,14-15H2,1-3H3. The van der Waals surface area contributed by atoms with Crippen molar-refractivity contribution in [2.24, 2.45) is 0 Å². The first kappa shape index (κ1) is 19.0. The molecule has 144 valence electrons. The fraction of sp³-hybridized carbons (Fsp3) is 0.650. The molecular formula is C20H31N3O3. The predicted molar refractivity (Wildman–Crippen MR) is 102 cm³/mol. The Labute approximate surface area is 156 Å². The number of hydrogen-bond acceptors (Lipinski definition) is 5. The number of nitrogens with zero attached hydrogens (tertiary/aromatic N) is 3. The van der Waals surface area contributed by atoms with E-state index in [4.69, 9.17) is 9.47 Å². The van der Waals surface area contributed by atoms with E-state index in [-0.39, 0.29) is 0 Å². The van der Waals surface area contributed by atoms with Gasteiger partial charge in [0, 0.05) is 45.3 Å². The molecule has 1 aliphatic carbocycles. The van der Waals surface area contributed by atoms with E-state index in [9.17, 15) is 4.79 Å². The number of likely N-dealkylation sites (N-methyl/N-ethyl adjacent to an activating group) is 1. The van der Waals surface area contributed by atoms with Crippen LogP contribution >= 0.6 is 0 Å². The highest BCUT2D eigenvalue weighted by molar-refractivity contribution is 5.79. The largest absolute Gasteiger partial charge is 0.493 e. The van der Waals surface area contributed by atoms with Crippen LogP contribution in [0.15, 0.2) is 18.2 Å². The van der Waals surface area contributed by atoms with Gasteiger partial charge in [0.1, 0.15) is 0 Å². The molecule has 2 fully saturated rings. The highest BCUT2D eigenvalue weighted by atomic mass is 16.5. The molecule has 2 aliphatic rings. The Balaban J connectivity index is 1.47. The summed E-state index contributed by atoms with van der Waals surface area (Å²) in [5.74, 6) is 1.83. The molecule has 0 unspecified atom stereocenters. The lowest BCUT2D eigenvalue weighted by Crippen LogP contribution is -2.50. The van der Waals surface area contributed by atoms with E-state index in [0.29, 0.717) is 18.5 Å². The second-order valence-electron chi connectivity index (χ2n) is 7.15. The molecule has 3 rings (SSSR count). The molecular weight excluding hydrogens is 330 g/mol. The maximum atomic E-state index is 12.5. The minimum Gasteiger partial charge on any atom is -0.493 e. The fourth-order valence-corrected chi connectivity index (χ4v) is 3.65. The molecule has 26 heavy (non-hydrogen) atoms. The van der Waals surface area contributed by atoms with Crippen molar-refractivity contribution in [1.29, 1.82) is 0 Å². The van der Waals surface area contributed by atoms with Crippen LogP contribution in [0.5, 0.6) is 11.5 Å². The number of hydrogen-bond donors (Lipinski definition) is 0. The molecule has 0 atom stereocenters. The number of rotatable bonds is 8. The lowest BCUT2D eigenvalue weighted by molar-refractivity contribution is -0.133. The van der Waals surface area contributed by atoms with Crippen LogP contribution in [0.25, 0.3) is 0 Å². The summed E-state index contributed by atoms with van der Waals surface area (Å²) in [7, 11) is 3.32. The minimum atomic E-state index is 0.295. The monoisotopic (exact) mass is 361 g/mol. The van der Waals surface area contributed by atoms with Crippen molar-refractivity contribution in [3.8, 4) is 11.5 Å². The molecule has 1 aromatic carbocycles. The normalized spacial score (nSPS) is 18.6.